The standard InChI is InChI=1S/C21H22N4O3S/c26-21(22-10-7-18-2-1-13-29-18)15-8-11-24(12-9-15)20-6-3-16-14-17(25(27)28)4-5-19(16)23-20/h1-6,13-15H,7-12H2,(H,22,26). The van der Waals surface area contributed by atoms with Crippen LogP contribution >= 0.6 is 11.3 Å². The fourth-order valence-electron chi connectivity index (χ4n) is 3.67. The number of carbonyl (C=O) groups excluding carboxylic acids is 1. The number of aromatic nitrogens is 1. The Hall–Kier alpha value is -3.00. The predicted molar refractivity (Wildman–Crippen MR) is 114 cm³/mol. The zero-order valence-corrected chi connectivity index (χ0v) is 16.7. The van der Waals surface area contributed by atoms with Crippen LogP contribution in [0.4, 0.5) is 11.5 Å². The average Bonchev–Trinajstić information content (AvgIpc) is 3.26. The van der Waals surface area contributed by atoms with Crippen LogP contribution in [-0.4, -0.2) is 35.4 Å². The minimum absolute atomic E-state index is 0.0395. The highest BCUT2D eigenvalue weighted by molar-refractivity contribution is 7.09. The highest BCUT2D eigenvalue weighted by Gasteiger charge is 2.25. The first kappa shape index (κ1) is 19.3. The number of fused-ring (bicyclic) bond motifs is 1. The van der Waals surface area contributed by atoms with Gasteiger partial charge in [-0.1, -0.05) is 6.07 Å². The molecule has 0 radical (unpaired) electrons. The van der Waals surface area contributed by atoms with E-state index in [0.29, 0.717) is 6.54 Å². The van der Waals surface area contributed by atoms with E-state index < -0.39 is 4.92 Å². The minimum Gasteiger partial charge on any atom is -0.357 e. The maximum atomic E-state index is 12.4. The molecule has 1 aliphatic heterocycles. The van der Waals surface area contributed by atoms with E-state index in [2.05, 4.69) is 26.6 Å². The van der Waals surface area contributed by atoms with E-state index in [4.69, 9.17) is 0 Å². The topological polar surface area (TPSA) is 88.4 Å². The number of carbonyl (C=O) groups is 1. The third-order valence-corrected chi connectivity index (χ3v) is 6.25. The lowest BCUT2D eigenvalue weighted by Crippen LogP contribution is -2.41. The number of nitrogens with one attached hydrogen (secondary N) is 1. The maximum Gasteiger partial charge on any atom is 0.270 e. The van der Waals surface area contributed by atoms with Crippen LogP contribution in [0.15, 0.2) is 47.8 Å². The van der Waals surface area contributed by atoms with Gasteiger partial charge in [0.05, 0.1) is 10.4 Å². The second kappa shape index (κ2) is 8.57. The first-order valence-corrected chi connectivity index (χ1v) is 10.6. The number of hydrogen-bond donors (Lipinski definition) is 1. The first-order chi connectivity index (χ1) is 14.1. The van der Waals surface area contributed by atoms with E-state index in [0.717, 1.165) is 49.1 Å². The Morgan fingerprint density at radius 3 is 2.79 bits per heavy atom. The Kier molecular flexibility index (Phi) is 5.71. The van der Waals surface area contributed by atoms with Crippen LogP contribution in [-0.2, 0) is 11.2 Å². The number of nitrogens with zero attached hydrogens (tertiary/aromatic N) is 3. The predicted octanol–water partition coefficient (Wildman–Crippen LogP) is 3.78. The average molecular weight is 410 g/mol. The molecule has 29 heavy (non-hydrogen) atoms. The second-order valence-electron chi connectivity index (χ2n) is 7.19. The molecule has 0 saturated carbocycles. The van der Waals surface area contributed by atoms with Crippen LogP contribution in [0.3, 0.4) is 0 Å². The molecule has 150 valence electrons. The molecule has 1 amide bonds. The molecule has 0 bridgehead atoms. The lowest BCUT2D eigenvalue weighted by atomic mass is 9.96. The molecular weight excluding hydrogens is 388 g/mol. The van der Waals surface area contributed by atoms with Crippen molar-refractivity contribution in [2.24, 2.45) is 5.92 Å². The molecule has 1 aromatic carbocycles. The van der Waals surface area contributed by atoms with Crippen molar-refractivity contribution in [3.05, 3.63) is 62.8 Å². The molecule has 1 saturated heterocycles. The lowest BCUT2D eigenvalue weighted by Gasteiger charge is -2.32. The van der Waals surface area contributed by atoms with E-state index in [1.54, 1.807) is 23.5 Å². The zero-order chi connectivity index (χ0) is 20.2. The Labute approximate surface area is 172 Å². The summed E-state index contributed by atoms with van der Waals surface area (Å²) < 4.78 is 0. The summed E-state index contributed by atoms with van der Waals surface area (Å²) in [5, 5.41) is 16.8. The molecular formula is C21H22N4O3S. The number of nitro benzene ring substituents is 1. The summed E-state index contributed by atoms with van der Waals surface area (Å²) in [5.41, 5.74) is 0.805. The van der Waals surface area contributed by atoms with Gasteiger partial charge in [0.25, 0.3) is 5.69 Å². The molecule has 0 unspecified atom stereocenters. The molecule has 1 fully saturated rings. The third-order valence-electron chi connectivity index (χ3n) is 5.31. The van der Waals surface area contributed by atoms with Gasteiger partial charge in [0.15, 0.2) is 0 Å². The molecule has 0 aliphatic carbocycles. The summed E-state index contributed by atoms with van der Waals surface area (Å²) in [6, 6.07) is 12.6. The number of thiophene rings is 1. The number of benzene rings is 1. The van der Waals surface area contributed by atoms with Gasteiger partial charge in [-0.05, 0) is 48.9 Å². The molecule has 3 heterocycles. The van der Waals surface area contributed by atoms with Crippen molar-refractivity contribution in [3.8, 4) is 0 Å². The fraction of sp³-hybridized carbons (Fsp3) is 0.333. The molecule has 0 atom stereocenters. The van der Waals surface area contributed by atoms with Gasteiger partial charge >= 0.3 is 0 Å². The summed E-state index contributed by atoms with van der Waals surface area (Å²) in [5.74, 6) is 1.03. The SMILES string of the molecule is O=C(NCCc1cccs1)C1CCN(c2ccc3cc([N+](=O)[O-])ccc3n2)CC1. The molecule has 7 nitrogen and oxygen atoms in total. The first-order valence-electron chi connectivity index (χ1n) is 9.70. The van der Waals surface area contributed by atoms with Crippen molar-refractivity contribution in [2.45, 2.75) is 19.3 Å². The molecule has 0 spiro atoms. The number of nitro groups is 1. The fourth-order valence-corrected chi connectivity index (χ4v) is 4.38. The molecule has 3 aromatic rings. The highest BCUT2D eigenvalue weighted by Crippen LogP contribution is 2.26. The molecule has 8 heteroatoms. The lowest BCUT2D eigenvalue weighted by molar-refractivity contribution is -0.384. The van der Waals surface area contributed by atoms with Crippen LogP contribution in [0.1, 0.15) is 17.7 Å². The number of anilines is 1. The van der Waals surface area contributed by atoms with Crippen molar-refractivity contribution in [3.63, 3.8) is 0 Å². The molecule has 2 aromatic heterocycles. The van der Waals surface area contributed by atoms with E-state index >= 15 is 0 Å². The Morgan fingerprint density at radius 1 is 1.24 bits per heavy atom. The van der Waals surface area contributed by atoms with Crippen molar-refractivity contribution in [1.29, 1.82) is 0 Å². The van der Waals surface area contributed by atoms with Gasteiger partial charge in [-0.3, -0.25) is 14.9 Å². The monoisotopic (exact) mass is 410 g/mol. The van der Waals surface area contributed by atoms with Crippen LogP contribution < -0.4 is 10.2 Å². The molecule has 1 N–H and O–H groups in total. The summed E-state index contributed by atoms with van der Waals surface area (Å²) in [7, 11) is 0. The van der Waals surface area contributed by atoms with Gasteiger partial charge in [0.2, 0.25) is 5.91 Å². The Balaban J connectivity index is 1.32. The summed E-state index contributed by atoms with van der Waals surface area (Å²) in [6.07, 6.45) is 2.47. The van der Waals surface area contributed by atoms with E-state index in [9.17, 15) is 14.9 Å². The maximum absolute atomic E-state index is 12.4. The van der Waals surface area contributed by atoms with E-state index in [1.807, 2.05) is 18.2 Å². The number of rotatable bonds is 6. The van der Waals surface area contributed by atoms with Crippen LogP contribution in [0.25, 0.3) is 10.9 Å². The quantitative estimate of drug-likeness (QED) is 0.493. The Morgan fingerprint density at radius 2 is 2.07 bits per heavy atom. The van der Waals surface area contributed by atoms with Crippen LogP contribution in [0.5, 0.6) is 0 Å². The van der Waals surface area contributed by atoms with Gasteiger partial charge in [0.1, 0.15) is 5.82 Å². The second-order valence-corrected chi connectivity index (χ2v) is 8.22. The molecule has 4 rings (SSSR count). The van der Waals surface area contributed by atoms with E-state index in [-0.39, 0.29) is 17.5 Å². The normalized spacial score (nSPS) is 14.8. The number of non-ortho nitro benzene ring substituents is 1. The Bertz CT molecular complexity index is 1010. The summed E-state index contributed by atoms with van der Waals surface area (Å²) in [4.78, 5) is 31.1. The number of amides is 1. The summed E-state index contributed by atoms with van der Waals surface area (Å²) >= 11 is 1.71. The third kappa shape index (κ3) is 4.54. The smallest absolute Gasteiger partial charge is 0.270 e. The largest absolute Gasteiger partial charge is 0.357 e. The van der Waals surface area contributed by atoms with Crippen molar-refractivity contribution >= 4 is 39.7 Å². The van der Waals surface area contributed by atoms with Gasteiger partial charge in [-0.15, -0.1) is 11.3 Å². The van der Waals surface area contributed by atoms with Gasteiger partial charge in [-0.2, -0.15) is 0 Å². The number of hydrogen-bond acceptors (Lipinski definition) is 6. The van der Waals surface area contributed by atoms with Crippen molar-refractivity contribution in [2.75, 3.05) is 24.5 Å². The van der Waals surface area contributed by atoms with Crippen LogP contribution in [0.2, 0.25) is 0 Å². The number of piperidine rings is 1. The van der Waals surface area contributed by atoms with Crippen LogP contribution in [0, 0.1) is 16.0 Å². The number of pyridine rings is 1. The minimum atomic E-state index is -0.399. The van der Waals surface area contributed by atoms with Gasteiger partial charge in [0, 0.05) is 47.9 Å². The van der Waals surface area contributed by atoms with Gasteiger partial charge in [-0.25, -0.2) is 4.98 Å². The van der Waals surface area contributed by atoms with Crippen molar-refractivity contribution < 1.29 is 9.72 Å². The summed E-state index contributed by atoms with van der Waals surface area (Å²) in [6.45, 7) is 2.22. The van der Waals surface area contributed by atoms with Gasteiger partial charge < -0.3 is 10.2 Å². The zero-order valence-electron chi connectivity index (χ0n) is 15.9. The highest BCUT2D eigenvalue weighted by atomic mass is 32.1. The van der Waals surface area contributed by atoms with E-state index in [1.165, 1.54) is 10.9 Å². The van der Waals surface area contributed by atoms with Crippen molar-refractivity contribution in [1.82, 2.24) is 10.3 Å². The molecule has 1 aliphatic rings.